The molecule has 1 aromatic carbocycles. The third-order valence-corrected chi connectivity index (χ3v) is 2.63. The minimum absolute atomic E-state index is 0.0201. The van der Waals surface area contributed by atoms with Crippen LogP contribution in [0, 0.1) is 0 Å². The van der Waals surface area contributed by atoms with Gasteiger partial charge >= 0.3 is 0 Å². The average Bonchev–Trinajstić information content (AvgIpc) is 2.32. The molecule has 0 atom stereocenters. The van der Waals surface area contributed by atoms with Crippen LogP contribution in [0.2, 0.25) is 0 Å². The van der Waals surface area contributed by atoms with Crippen LogP contribution in [-0.4, -0.2) is 19.0 Å². The lowest BCUT2D eigenvalue weighted by molar-refractivity contribution is -0.120. The van der Waals surface area contributed by atoms with Gasteiger partial charge in [-0.2, -0.15) is 0 Å². The van der Waals surface area contributed by atoms with Crippen molar-refractivity contribution in [2.75, 3.05) is 13.1 Å². The van der Waals surface area contributed by atoms with Gasteiger partial charge in [0, 0.05) is 22.5 Å². The van der Waals surface area contributed by atoms with Gasteiger partial charge in [0.25, 0.3) is 0 Å². The first-order valence-corrected chi connectivity index (χ1v) is 6.03. The number of carbonyl (C=O) groups excluding carboxylic acids is 1. The fraction of sp³-hybridized carbons (Fsp3) is 0.364. The Morgan fingerprint density at radius 2 is 2.12 bits per heavy atom. The monoisotopic (exact) mass is 296 g/mol. The molecule has 0 aromatic heterocycles. The summed E-state index contributed by atoms with van der Waals surface area (Å²) in [7, 11) is 0. The van der Waals surface area contributed by atoms with Crippen LogP contribution in [0.5, 0.6) is 0 Å². The molecule has 1 aromatic rings. The maximum atomic E-state index is 11.5. The van der Waals surface area contributed by atoms with Gasteiger partial charge < -0.3 is 5.32 Å². The lowest BCUT2D eigenvalue weighted by atomic mass is 10.1. The molecular weight excluding hydrogens is 284 g/mol. The van der Waals surface area contributed by atoms with Gasteiger partial charge in [0.2, 0.25) is 5.91 Å². The van der Waals surface area contributed by atoms with Crippen molar-refractivity contribution in [1.82, 2.24) is 5.32 Å². The Morgan fingerprint density at radius 1 is 1.41 bits per heavy atom. The van der Waals surface area contributed by atoms with E-state index in [1.165, 1.54) is 0 Å². The molecule has 0 spiro atoms. The number of amides is 1. The summed E-state index contributed by atoms with van der Waals surface area (Å²) < 4.78 is 0.996. The van der Waals surface area contributed by atoms with Crippen molar-refractivity contribution in [3.05, 3.63) is 44.7 Å². The highest BCUT2D eigenvalue weighted by atomic mass is 79.9. The minimum atomic E-state index is -0.0201. The van der Waals surface area contributed by atoms with Gasteiger partial charge in [0.05, 0.1) is 6.42 Å². The zero-order valence-electron chi connectivity index (χ0n) is 9.27. The van der Waals surface area contributed by atoms with E-state index in [4.69, 9.17) is 5.53 Å². The SMILES string of the molecule is [N-]=[N+]=NCCCNC(=O)Cc1ccc(Br)cc1. The van der Waals surface area contributed by atoms with Crippen molar-refractivity contribution in [1.29, 1.82) is 0 Å². The van der Waals surface area contributed by atoms with Crippen LogP contribution in [0.3, 0.4) is 0 Å². The average molecular weight is 297 g/mol. The van der Waals surface area contributed by atoms with E-state index in [2.05, 4.69) is 31.3 Å². The Labute approximate surface area is 108 Å². The highest BCUT2D eigenvalue weighted by Crippen LogP contribution is 2.10. The van der Waals surface area contributed by atoms with Gasteiger partial charge in [0.1, 0.15) is 0 Å². The Morgan fingerprint density at radius 3 is 2.76 bits per heavy atom. The molecule has 1 N–H and O–H groups in total. The van der Waals surface area contributed by atoms with Crippen molar-refractivity contribution in [3.63, 3.8) is 0 Å². The fourth-order valence-electron chi connectivity index (χ4n) is 1.27. The van der Waals surface area contributed by atoms with Crippen LogP contribution in [-0.2, 0) is 11.2 Å². The second-order valence-electron chi connectivity index (χ2n) is 3.46. The zero-order chi connectivity index (χ0) is 12.5. The molecule has 90 valence electrons. The standard InChI is InChI=1S/C11H13BrN4O/c12-10-4-2-9(3-5-10)8-11(17)14-6-1-7-15-16-13/h2-5H,1,6-8H2,(H,14,17). The van der Waals surface area contributed by atoms with Crippen molar-refractivity contribution >= 4 is 21.8 Å². The molecule has 0 radical (unpaired) electrons. The van der Waals surface area contributed by atoms with Gasteiger partial charge in [-0.25, -0.2) is 0 Å². The summed E-state index contributed by atoms with van der Waals surface area (Å²) in [5, 5.41) is 6.16. The Hall–Kier alpha value is -1.52. The summed E-state index contributed by atoms with van der Waals surface area (Å²) in [6.45, 7) is 0.948. The minimum Gasteiger partial charge on any atom is -0.356 e. The molecule has 0 bridgehead atoms. The Kier molecular flexibility index (Phi) is 6.14. The molecule has 0 saturated heterocycles. The molecule has 17 heavy (non-hydrogen) atoms. The summed E-state index contributed by atoms with van der Waals surface area (Å²) in [4.78, 5) is 14.1. The maximum absolute atomic E-state index is 11.5. The number of benzene rings is 1. The molecular formula is C11H13BrN4O. The van der Waals surface area contributed by atoms with E-state index in [0.717, 1.165) is 10.0 Å². The van der Waals surface area contributed by atoms with E-state index in [1.807, 2.05) is 24.3 Å². The summed E-state index contributed by atoms with van der Waals surface area (Å²) in [5.74, 6) is -0.0201. The van der Waals surface area contributed by atoms with Gasteiger partial charge in [-0.1, -0.05) is 33.2 Å². The number of carbonyl (C=O) groups is 1. The second kappa shape index (κ2) is 7.70. The third kappa shape index (κ3) is 5.94. The Balaban J connectivity index is 2.25. The predicted octanol–water partition coefficient (Wildman–Crippen LogP) is 2.81. The van der Waals surface area contributed by atoms with E-state index in [9.17, 15) is 4.79 Å². The highest BCUT2D eigenvalue weighted by molar-refractivity contribution is 9.10. The zero-order valence-corrected chi connectivity index (χ0v) is 10.9. The second-order valence-corrected chi connectivity index (χ2v) is 4.38. The molecule has 6 heteroatoms. The van der Waals surface area contributed by atoms with E-state index in [1.54, 1.807) is 0 Å². The first-order chi connectivity index (χ1) is 8.22. The normalized spacial score (nSPS) is 9.47. The van der Waals surface area contributed by atoms with Crippen LogP contribution < -0.4 is 5.32 Å². The lowest BCUT2D eigenvalue weighted by Gasteiger charge is -2.04. The Bertz CT molecular complexity index is 412. The summed E-state index contributed by atoms with van der Waals surface area (Å²) in [6, 6.07) is 7.63. The molecule has 0 aliphatic heterocycles. The first-order valence-electron chi connectivity index (χ1n) is 5.24. The number of azide groups is 1. The molecule has 0 unspecified atom stereocenters. The quantitative estimate of drug-likeness (QED) is 0.372. The van der Waals surface area contributed by atoms with Crippen LogP contribution in [0.15, 0.2) is 33.9 Å². The van der Waals surface area contributed by atoms with Crippen LogP contribution in [0.1, 0.15) is 12.0 Å². The molecule has 0 fully saturated rings. The number of halogens is 1. The number of rotatable bonds is 6. The van der Waals surface area contributed by atoms with Crippen LogP contribution >= 0.6 is 15.9 Å². The first kappa shape index (κ1) is 13.5. The van der Waals surface area contributed by atoms with E-state index >= 15 is 0 Å². The number of hydrogen-bond donors (Lipinski definition) is 1. The summed E-state index contributed by atoms with van der Waals surface area (Å²) in [6.07, 6.45) is 1.03. The van der Waals surface area contributed by atoms with E-state index in [-0.39, 0.29) is 5.91 Å². The largest absolute Gasteiger partial charge is 0.356 e. The van der Waals surface area contributed by atoms with Crippen molar-refractivity contribution in [2.24, 2.45) is 5.11 Å². The highest BCUT2D eigenvalue weighted by Gasteiger charge is 2.02. The smallest absolute Gasteiger partial charge is 0.224 e. The van der Waals surface area contributed by atoms with Crippen molar-refractivity contribution in [2.45, 2.75) is 12.8 Å². The van der Waals surface area contributed by atoms with E-state index in [0.29, 0.717) is 25.9 Å². The van der Waals surface area contributed by atoms with E-state index < -0.39 is 0 Å². The molecule has 0 saturated carbocycles. The summed E-state index contributed by atoms with van der Waals surface area (Å²) >= 11 is 3.34. The number of hydrogen-bond acceptors (Lipinski definition) is 2. The molecule has 0 aliphatic carbocycles. The van der Waals surface area contributed by atoms with Crippen LogP contribution in [0.25, 0.3) is 10.4 Å². The molecule has 0 heterocycles. The van der Waals surface area contributed by atoms with Gasteiger partial charge in [-0.15, -0.1) is 0 Å². The summed E-state index contributed by atoms with van der Waals surface area (Å²) in [5.41, 5.74) is 9.03. The molecule has 1 amide bonds. The van der Waals surface area contributed by atoms with Gasteiger partial charge in [-0.05, 0) is 29.6 Å². The maximum Gasteiger partial charge on any atom is 0.224 e. The van der Waals surface area contributed by atoms with Crippen LogP contribution in [0.4, 0.5) is 0 Å². The number of nitrogens with one attached hydrogen (secondary N) is 1. The topological polar surface area (TPSA) is 77.9 Å². The lowest BCUT2D eigenvalue weighted by Crippen LogP contribution is -2.26. The van der Waals surface area contributed by atoms with Crippen molar-refractivity contribution in [3.8, 4) is 0 Å². The van der Waals surface area contributed by atoms with Gasteiger partial charge in [0.15, 0.2) is 0 Å². The fourth-order valence-corrected chi connectivity index (χ4v) is 1.54. The molecule has 0 aliphatic rings. The molecule has 5 nitrogen and oxygen atoms in total. The predicted molar refractivity (Wildman–Crippen MR) is 69.5 cm³/mol. The van der Waals surface area contributed by atoms with Crippen molar-refractivity contribution < 1.29 is 4.79 Å². The molecule has 1 rings (SSSR count). The third-order valence-electron chi connectivity index (χ3n) is 2.10. The number of nitrogens with zero attached hydrogens (tertiary/aromatic N) is 3. The van der Waals surface area contributed by atoms with Gasteiger partial charge in [-0.3, -0.25) is 4.79 Å².